The molecule has 222 valence electrons. The van der Waals surface area contributed by atoms with Crippen molar-refractivity contribution < 1.29 is 23.1 Å². The number of benzene rings is 1. The van der Waals surface area contributed by atoms with Gasteiger partial charge in [0.25, 0.3) is 11.8 Å². The maximum absolute atomic E-state index is 14.9. The van der Waals surface area contributed by atoms with Gasteiger partial charge in [-0.1, -0.05) is 12.8 Å². The number of likely N-dealkylation sites (tertiary alicyclic amines) is 1. The molecule has 1 aromatic heterocycles. The molecule has 2 N–H and O–H groups in total. The molecule has 1 saturated heterocycles. The number of methoxy groups -OCH3 is 1. The lowest BCUT2D eigenvalue weighted by atomic mass is 9.90. The molecule has 2 amide bonds. The van der Waals surface area contributed by atoms with Crippen LogP contribution in [0.25, 0.3) is 0 Å². The summed E-state index contributed by atoms with van der Waals surface area (Å²) in [5, 5.41) is 6.24. The number of nitrogens with one attached hydrogen (secondary N) is 2. The second-order valence-electron chi connectivity index (χ2n) is 11.5. The smallest absolute Gasteiger partial charge is 0.342 e. The highest BCUT2D eigenvalue weighted by Crippen LogP contribution is 2.40. The molecule has 1 atom stereocenters. The Morgan fingerprint density at radius 2 is 1.85 bits per heavy atom. The van der Waals surface area contributed by atoms with Crippen molar-refractivity contribution in [3.8, 4) is 5.75 Å². The molecule has 10 nitrogen and oxygen atoms in total. The summed E-state index contributed by atoms with van der Waals surface area (Å²) in [6.07, 6.45) is 6.88. The fourth-order valence-corrected chi connectivity index (χ4v) is 6.10. The number of alkyl halides is 2. The zero-order valence-corrected chi connectivity index (χ0v) is 24.1. The maximum atomic E-state index is 14.9. The Kier molecular flexibility index (Phi) is 8.30. The number of nitrogens with zero attached hydrogens (tertiary/aromatic N) is 5. The van der Waals surface area contributed by atoms with Gasteiger partial charge in [-0.3, -0.25) is 9.59 Å². The molecule has 1 saturated carbocycles. The number of ether oxygens (including phenoxy) is 1. The Morgan fingerprint density at radius 1 is 1.15 bits per heavy atom. The fourth-order valence-electron chi connectivity index (χ4n) is 6.10. The van der Waals surface area contributed by atoms with E-state index in [9.17, 15) is 18.4 Å². The van der Waals surface area contributed by atoms with Crippen molar-refractivity contribution in [1.82, 2.24) is 20.2 Å². The van der Waals surface area contributed by atoms with Gasteiger partial charge < -0.3 is 30.1 Å². The van der Waals surface area contributed by atoms with E-state index in [0.717, 1.165) is 56.5 Å². The quantitative estimate of drug-likeness (QED) is 0.513. The molecule has 0 spiro atoms. The zero-order valence-electron chi connectivity index (χ0n) is 24.1. The van der Waals surface area contributed by atoms with Crippen LogP contribution in [0.5, 0.6) is 5.75 Å². The number of rotatable bonds is 7. The van der Waals surface area contributed by atoms with E-state index < -0.39 is 18.4 Å². The number of hydrogen-bond acceptors (Lipinski definition) is 8. The Morgan fingerprint density at radius 3 is 2.54 bits per heavy atom. The molecule has 2 aliphatic heterocycles. The zero-order chi connectivity index (χ0) is 29.3. The third-order valence-electron chi connectivity index (χ3n) is 8.67. The van der Waals surface area contributed by atoms with Crippen molar-refractivity contribution in [3.05, 3.63) is 30.0 Å². The fraction of sp³-hybridized carbons (Fsp3) is 0.586. The molecule has 12 heteroatoms. The maximum Gasteiger partial charge on any atom is 0.342 e. The number of fused-ring (bicyclic) bond motifs is 1. The van der Waals surface area contributed by atoms with Crippen molar-refractivity contribution in [1.29, 1.82) is 0 Å². The highest BCUT2D eigenvalue weighted by Gasteiger charge is 2.48. The average Bonchev–Trinajstić information content (AvgIpc) is 3.48. The van der Waals surface area contributed by atoms with Gasteiger partial charge in [0.15, 0.2) is 5.82 Å². The number of anilines is 4. The molecule has 2 aromatic rings. The van der Waals surface area contributed by atoms with Crippen LogP contribution in [0.4, 0.5) is 31.9 Å². The molecular weight excluding hydrogens is 532 g/mol. The van der Waals surface area contributed by atoms with Gasteiger partial charge in [0, 0.05) is 24.7 Å². The number of piperidine rings is 1. The number of carbonyl (C=O) groups excluding carboxylic acids is 2. The van der Waals surface area contributed by atoms with Crippen LogP contribution >= 0.6 is 0 Å². The van der Waals surface area contributed by atoms with E-state index in [1.807, 2.05) is 6.92 Å². The second kappa shape index (κ2) is 11.8. The lowest BCUT2D eigenvalue weighted by Gasteiger charge is -2.33. The first-order chi connectivity index (χ1) is 19.6. The number of halogens is 2. The van der Waals surface area contributed by atoms with E-state index in [2.05, 4.69) is 32.5 Å². The first kappa shape index (κ1) is 29.0. The highest BCUT2D eigenvalue weighted by atomic mass is 19.3. The molecule has 0 bridgehead atoms. The van der Waals surface area contributed by atoms with Crippen molar-refractivity contribution >= 4 is 35.0 Å². The molecule has 0 radical (unpaired) electrons. The van der Waals surface area contributed by atoms with Crippen LogP contribution in [0.3, 0.4) is 0 Å². The summed E-state index contributed by atoms with van der Waals surface area (Å²) in [4.78, 5) is 39.3. The Balaban J connectivity index is 1.36. The lowest BCUT2D eigenvalue weighted by molar-refractivity contribution is -0.140. The normalized spacial score (nSPS) is 20.9. The first-order valence-corrected chi connectivity index (χ1v) is 14.3. The number of carbonyl (C=O) groups is 2. The number of aromatic nitrogens is 2. The third kappa shape index (κ3) is 6.07. The number of hydrogen-bond donors (Lipinski definition) is 2. The Labute approximate surface area is 239 Å². The van der Waals surface area contributed by atoms with Crippen molar-refractivity contribution in [3.63, 3.8) is 0 Å². The van der Waals surface area contributed by atoms with Crippen LogP contribution in [0.1, 0.15) is 55.8 Å². The van der Waals surface area contributed by atoms with Crippen molar-refractivity contribution in [2.24, 2.45) is 5.92 Å². The summed E-state index contributed by atoms with van der Waals surface area (Å²) in [5.74, 6) is -3.69. The third-order valence-corrected chi connectivity index (χ3v) is 8.67. The van der Waals surface area contributed by atoms with Gasteiger partial charge in [-0.2, -0.15) is 13.8 Å². The summed E-state index contributed by atoms with van der Waals surface area (Å²) < 4.78 is 35.3. The summed E-state index contributed by atoms with van der Waals surface area (Å²) in [6, 6.07) is 4.98. The van der Waals surface area contributed by atoms with E-state index >= 15 is 0 Å². The van der Waals surface area contributed by atoms with Crippen LogP contribution < -0.4 is 25.2 Å². The van der Waals surface area contributed by atoms with Gasteiger partial charge in [-0.25, -0.2) is 4.98 Å². The number of amides is 2. The minimum absolute atomic E-state index is 0.0492. The second-order valence-corrected chi connectivity index (χ2v) is 11.5. The standard InChI is InChI=1S/C29H39F2N7O3/c1-18(19-11-13-36(2)14-12-19)33-26(39)20-9-10-22(24(15-20)41-4)34-28-32-16-23-25(35-28)38(21-7-5-6-8-21)17-29(30,31)27(40)37(23)3/h9-10,15-16,18-19,21H,5-8,11-14,17H2,1-4H3,(H,33,39)(H,32,34,35)/t18-/m1/s1. The monoisotopic (exact) mass is 571 g/mol. The van der Waals surface area contributed by atoms with Gasteiger partial charge in [0.2, 0.25) is 5.95 Å². The Hall–Kier alpha value is -3.54. The molecule has 5 rings (SSSR count). The first-order valence-electron chi connectivity index (χ1n) is 14.3. The highest BCUT2D eigenvalue weighted by molar-refractivity contribution is 6.02. The summed E-state index contributed by atoms with van der Waals surface area (Å²) >= 11 is 0. The van der Waals surface area contributed by atoms with Crippen molar-refractivity contribution in [2.45, 2.75) is 63.5 Å². The van der Waals surface area contributed by atoms with E-state index in [1.54, 1.807) is 23.1 Å². The van der Waals surface area contributed by atoms with E-state index in [0.29, 0.717) is 28.7 Å². The summed E-state index contributed by atoms with van der Waals surface area (Å²) in [7, 11) is 4.94. The molecule has 41 heavy (non-hydrogen) atoms. The van der Waals surface area contributed by atoms with Gasteiger partial charge >= 0.3 is 5.92 Å². The Bertz CT molecular complexity index is 1280. The average molecular weight is 572 g/mol. The van der Waals surface area contributed by atoms with Crippen LogP contribution in [0.2, 0.25) is 0 Å². The summed E-state index contributed by atoms with van der Waals surface area (Å²) in [5.41, 5.74) is 1.22. The van der Waals surface area contributed by atoms with E-state index in [4.69, 9.17) is 4.74 Å². The van der Waals surface area contributed by atoms with Gasteiger partial charge in [-0.15, -0.1) is 0 Å². The minimum atomic E-state index is -3.55. The topological polar surface area (TPSA) is 103 Å². The predicted molar refractivity (Wildman–Crippen MR) is 153 cm³/mol. The van der Waals surface area contributed by atoms with Crippen molar-refractivity contribution in [2.75, 3.05) is 56.0 Å². The van der Waals surface area contributed by atoms with Crippen LogP contribution in [0, 0.1) is 5.92 Å². The van der Waals surface area contributed by atoms with Crippen LogP contribution in [-0.2, 0) is 4.79 Å². The van der Waals surface area contributed by atoms with Gasteiger partial charge in [0.1, 0.15) is 11.4 Å². The summed E-state index contributed by atoms with van der Waals surface area (Å²) in [6.45, 7) is 3.37. The molecule has 0 unspecified atom stereocenters. The predicted octanol–water partition coefficient (Wildman–Crippen LogP) is 4.05. The largest absolute Gasteiger partial charge is 0.495 e. The van der Waals surface area contributed by atoms with E-state index in [1.165, 1.54) is 20.4 Å². The molecular formula is C29H39F2N7O3. The molecule has 3 aliphatic rings. The van der Waals surface area contributed by atoms with E-state index in [-0.39, 0.29) is 29.6 Å². The van der Waals surface area contributed by atoms with Gasteiger partial charge in [0.05, 0.1) is 25.5 Å². The SMILES string of the molecule is COc1cc(C(=O)N[C@H](C)C2CCN(C)CC2)ccc1Nc1ncc2c(n1)N(C1CCCC1)CC(F)(F)C(=O)N2C. The molecule has 1 aromatic carbocycles. The van der Waals surface area contributed by atoms with Crippen LogP contribution in [-0.4, -0.2) is 85.5 Å². The minimum Gasteiger partial charge on any atom is -0.495 e. The van der Waals surface area contributed by atoms with Gasteiger partial charge in [-0.05, 0) is 76.9 Å². The lowest BCUT2D eigenvalue weighted by Crippen LogP contribution is -2.48. The van der Waals surface area contributed by atoms with Crippen LogP contribution in [0.15, 0.2) is 24.4 Å². The molecule has 2 fully saturated rings. The molecule has 1 aliphatic carbocycles. The molecule has 3 heterocycles.